The number of amides is 1. The second kappa shape index (κ2) is 9.33. The number of methoxy groups -OCH3 is 2. The molecule has 1 saturated carbocycles. The van der Waals surface area contributed by atoms with E-state index in [4.69, 9.17) is 18.9 Å². The van der Waals surface area contributed by atoms with E-state index in [1.807, 2.05) is 44.2 Å². The van der Waals surface area contributed by atoms with Gasteiger partial charge in [0.25, 0.3) is 5.91 Å². The Kier molecular flexibility index (Phi) is 6.49. The van der Waals surface area contributed by atoms with Crippen molar-refractivity contribution in [1.29, 1.82) is 0 Å². The Morgan fingerprint density at radius 3 is 2.45 bits per heavy atom. The van der Waals surface area contributed by atoms with E-state index >= 15 is 0 Å². The molecule has 176 valence electrons. The minimum atomic E-state index is -0.845. The van der Waals surface area contributed by atoms with E-state index in [1.165, 1.54) is 0 Å². The van der Waals surface area contributed by atoms with Gasteiger partial charge in [-0.2, -0.15) is 0 Å². The zero-order valence-electron chi connectivity index (χ0n) is 19.7. The largest absolute Gasteiger partial charge is 0.493 e. The van der Waals surface area contributed by atoms with Crippen LogP contribution in [0.1, 0.15) is 55.5 Å². The van der Waals surface area contributed by atoms with Crippen molar-refractivity contribution in [1.82, 2.24) is 5.32 Å². The molecule has 0 bridgehead atoms. The molecule has 1 aliphatic heterocycles. The van der Waals surface area contributed by atoms with Gasteiger partial charge in [0.15, 0.2) is 11.5 Å². The molecule has 0 atom stereocenters. The first-order chi connectivity index (χ1) is 15.8. The van der Waals surface area contributed by atoms with Crippen molar-refractivity contribution in [3.05, 3.63) is 41.5 Å². The van der Waals surface area contributed by atoms with Gasteiger partial charge in [-0.3, -0.25) is 9.59 Å². The summed E-state index contributed by atoms with van der Waals surface area (Å²) >= 11 is 0. The summed E-state index contributed by atoms with van der Waals surface area (Å²) in [5, 5.41) is 2.84. The van der Waals surface area contributed by atoms with Gasteiger partial charge in [-0.25, -0.2) is 0 Å². The number of carbonyl (C=O) groups is 2. The van der Waals surface area contributed by atoms with E-state index in [0.29, 0.717) is 29.4 Å². The van der Waals surface area contributed by atoms with Crippen LogP contribution in [0.25, 0.3) is 11.1 Å². The lowest BCUT2D eigenvalue weighted by Gasteiger charge is -2.26. The predicted octanol–water partition coefficient (Wildman–Crippen LogP) is 4.51. The molecule has 1 amide bonds. The number of carbonyl (C=O) groups excluding carboxylic acids is 2. The summed E-state index contributed by atoms with van der Waals surface area (Å²) in [6, 6.07) is 9.39. The molecule has 0 spiro atoms. The molecule has 1 fully saturated rings. The highest BCUT2D eigenvalue weighted by molar-refractivity contribution is 5.99. The first-order valence-corrected chi connectivity index (χ1v) is 11.3. The maximum Gasteiger partial charge on any atom is 0.315 e. The topological polar surface area (TPSA) is 83.1 Å². The van der Waals surface area contributed by atoms with Crippen LogP contribution in [0.4, 0.5) is 0 Å². The van der Waals surface area contributed by atoms with Crippen molar-refractivity contribution >= 4 is 11.9 Å². The molecule has 2 aromatic carbocycles. The van der Waals surface area contributed by atoms with E-state index in [9.17, 15) is 9.59 Å². The van der Waals surface area contributed by atoms with Gasteiger partial charge in [0.2, 0.25) is 5.75 Å². The molecule has 1 heterocycles. The van der Waals surface area contributed by atoms with Crippen LogP contribution in [0.3, 0.4) is 0 Å². The van der Waals surface area contributed by atoms with E-state index < -0.39 is 5.41 Å². The van der Waals surface area contributed by atoms with Crippen molar-refractivity contribution in [2.24, 2.45) is 5.41 Å². The maximum absolute atomic E-state index is 12.8. The molecule has 0 unspecified atom stereocenters. The molecule has 7 heteroatoms. The minimum absolute atomic E-state index is 0.00132. The summed E-state index contributed by atoms with van der Waals surface area (Å²) in [6.45, 7) is 4.25. The number of hydrogen-bond acceptors (Lipinski definition) is 6. The van der Waals surface area contributed by atoms with E-state index in [0.717, 1.165) is 42.4 Å². The number of benzene rings is 2. The highest BCUT2D eigenvalue weighted by Crippen LogP contribution is 2.45. The van der Waals surface area contributed by atoms with Gasteiger partial charge in [0.1, 0.15) is 12.7 Å². The van der Waals surface area contributed by atoms with Crippen LogP contribution in [0.5, 0.6) is 17.2 Å². The zero-order valence-corrected chi connectivity index (χ0v) is 19.7. The Morgan fingerprint density at radius 2 is 1.76 bits per heavy atom. The lowest BCUT2D eigenvalue weighted by Crippen LogP contribution is -2.35. The van der Waals surface area contributed by atoms with Crippen molar-refractivity contribution in [3.8, 4) is 28.4 Å². The van der Waals surface area contributed by atoms with Crippen molar-refractivity contribution in [2.75, 3.05) is 20.8 Å². The van der Waals surface area contributed by atoms with Crippen LogP contribution in [-0.4, -0.2) is 38.8 Å². The number of hydrogen-bond donors (Lipinski definition) is 1. The maximum atomic E-state index is 12.8. The second-order valence-corrected chi connectivity index (χ2v) is 9.22. The highest BCUT2D eigenvalue weighted by atomic mass is 16.6. The fraction of sp³-hybridized carbons (Fsp3) is 0.462. The minimum Gasteiger partial charge on any atom is -0.493 e. The summed E-state index contributed by atoms with van der Waals surface area (Å²) in [5.41, 5.74) is 2.43. The Morgan fingerprint density at radius 1 is 1.03 bits per heavy atom. The first kappa shape index (κ1) is 23.0. The molecule has 0 radical (unpaired) electrons. The van der Waals surface area contributed by atoms with Crippen molar-refractivity contribution in [3.63, 3.8) is 0 Å². The molecule has 33 heavy (non-hydrogen) atoms. The van der Waals surface area contributed by atoms with Crippen LogP contribution >= 0.6 is 0 Å². The van der Waals surface area contributed by atoms with Crippen LogP contribution < -0.4 is 19.5 Å². The molecule has 4 rings (SSSR count). The number of rotatable bonds is 8. The standard InChI is InChI=1S/C26H31NO6/c1-26(2,25(29)33-18-7-5-6-8-18)15-32-22-19(11-12-21(30-3)23(22)31-4)16-9-10-20-17(13-16)14-27-24(20)28/h9-13,18H,5-8,14-15H2,1-4H3,(H,27,28). The third-order valence-electron chi connectivity index (χ3n) is 6.31. The molecule has 7 nitrogen and oxygen atoms in total. The van der Waals surface area contributed by atoms with Gasteiger partial charge < -0.3 is 24.3 Å². The quantitative estimate of drug-likeness (QED) is 0.593. The predicted molar refractivity (Wildman–Crippen MR) is 124 cm³/mol. The SMILES string of the molecule is COc1ccc(-c2ccc3c(c2)CNC3=O)c(OCC(C)(C)C(=O)OC2CCCC2)c1OC. The van der Waals surface area contributed by atoms with Crippen LogP contribution in [0.2, 0.25) is 0 Å². The van der Waals surface area contributed by atoms with E-state index in [2.05, 4.69) is 5.32 Å². The lowest BCUT2D eigenvalue weighted by molar-refractivity contribution is -0.161. The van der Waals surface area contributed by atoms with Gasteiger partial charge in [-0.05, 0) is 74.9 Å². The van der Waals surface area contributed by atoms with Gasteiger partial charge in [-0.15, -0.1) is 0 Å². The van der Waals surface area contributed by atoms with Crippen LogP contribution in [0.15, 0.2) is 30.3 Å². The summed E-state index contributed by atoms with van der Waals surface area (Å²) in [7, 11) is 3.12. The third-order valence-corrected chi connectivity index (χ3v) is 6.31. The Labute approximate surface area is 194 Å². The highest BCUT2D eigenvalue weighted by Gasteiger charge is 2.34. The van der Waals surface area contributed by atoms with Crippen molar-refractivity contribution in [2.45, 2.75) is 52.2 Å². The van der Waals surface area contributed by atoms with E-state index in [-0.39, 0.29) is 24.6 Å². The molecule has 1 N–H and O–H groups in total. The fourth-order valence-electron chi connectivity index (χ4n) is 4.30. The summed E-state index contributed by atoms with van der Waals surface area (Å²) in [4.78, 5) is 24.8. The van der Waals surface area contributed by atoms with Crippen LogP contribution in [0, 0.1) is 5.41 Å². The number of esters is 1. The Bertz CT molecular complexity index is 1050. The molecule has 0 aromatic heterocycles. The van der Waals surface area contributed by atoms with Gasteiger partial charge in [-0.1, -0.05) is 6.07 Å². The molecule has 2 aromatic rings. The van der Waals surface area contributed by atoms with Gasteiger partial charge >= 0.3 is 5.97 Å². The summed E-state index contributed by atoms with van der Waals surface area (Å²) in [6.07, 6.45) is 4.04. The normalized spacial score (nSPS) is 15.7. The first-order valence-electron chi connectivity index (χ1n) is 11.3. The van der Waals surface area contributed by atoms with Crippen LogP contribution in [-0.2, 0) is 16.1 Å². The molecule has 1 aliphatic carbocycles. The van der Waals surface area contributed by atoms with Gasteiger partial charge in [0.05, 0.1) is 19.6 Å². The third kappa shape index (κ3) is 4.63. The number of fused-ring (bicyclic) bond motifs is 1. The monoisotopic (exact) mass is 453 g/mol. The number of nitrogens with one attached hydrogen (secondary N) is 1. The molecular formula is C26H31NO6. The Balaban J connectivity index is 1.63. The summed E-state index contributed by atoms with van der Waals surface area (Å²) < 4.78 is 23.1. The average molecular weight is 454 g/mol. The van der Waals surface area contributed by atoms with E-state index in [1.54, 1.807) is 14.2 Å². The molecule has 0 saturated heterocycles. The molecule has 2 aliphatic rings. The second-order valence-electron chi connectivity index (χ2n) is 9.22. The Hall–Kier alpha value is -3.22. The van der Waals surface area contributed by atoms with Crippen molar-refractivity contribution < 1.29 is 28.5 Å². The lowest BCUT2D eigenvalue weighted by atomic mass is 9.94. The zero-order chi connectivity index (χ0) is 23.6. The molecular weight excluding hydrogens is 422 g/mol. The fourth-order valence-corrected chi connectivity index (χ4v) is 4.30. The summed E-state index contributed by atoms with van der Waals surface area (Å²) in [5.74, 6) is 1.13. The average Bonchev–Trinajstić information content (AvgIpc) is 3.46. The smallest absolute Gasteiger partial charge is 0.315 e. The van der Waals surface area contributed by atoms with Gasteiger partial charge in [0, 0.05) is 17.7 Å². The number of ether oxygens (including phenoxy) is 4.